The lowest BCUT2D eigenvalue weighted by atomic mass is 10.2. The molecule has 0 spiro atoms. The van der Waals surface area contributed by atoms with Gasteiger partial charge in [0.25, 0.3) is 5.91 Å². The first-order valence-corrected chi connectivity index (χ1v) is 6.28. The van der Waals surface area contributed by atoms with Crippen molar-refractivity contribution in [1.82, 2.24) is 10.3 Å². The molecule has 0 saturated heterocycles. The lowest BCUT2D eigenvalue weighted by molar-refractivity contribution is 0.0951. The number of carbonyl (C=O) groups is 1. The molecule has 0 atom stereocenters. The highest BCUT2D eigenvalue weighted by Crippen LogP contribution is 2.13. The Morgan fingerprint density at radius 3 is 2.90 bits per heavy atom. The van der Waals surface area contributed by atoms with Gasteiger partial charge in [-0.3, -0.25) is 4.79 Å². The molecule has 1 amide bonds. The van der Waals surface area contributed by atoms with E-state index in [2.05, 4.69) is 15.6 Å². The van der Waals surface area contributed by atoms with Gasteiger partial charge in [-0.15, -0.1) is 0 Å². The largest absolute Gasteiger partial charge is 0.497 e. The van der Waals surface area contributed by atoms with Crippen molar-refractivity contribution in [2.75, 3.05) is 19.5 Å². The number of benzene rings is 1. The van der Waals surface area contributed by atoms with E-state index in [-0.39, 0.29) is 5.91 Å². The molecule has 2 N–H and O–H groups in total. The Bertz CT molecular complexity index is 599. The Balaban J connectivity index is 2.04. The predicted molar refractivity (Wildman–Crippen MR) is 77.9 cm³/mol. The lowest BCUT2D eigenvalue weighted by Crippen LogP contribution is -2.24. The van der Waals surface area contributed by atoms with Crippen LogP contribution in [0.5, 0.6) is 5.75 Å². The minimum Gasteiger partial charge on any atom is -0.497 e. The van der Waals surface area contributed by atoms with Crippen molar-refractivity contribution in [1.29, 1.82) is 0 Å². The number of methoxy groups -OCH3 is 1. The van der Waals surface area contributed by atoms with Gasteiger partial charge in [0.1, 0.15) is 11.6 Å². The highest BCUT2D eigenvalue weighted by molar-refractivity contribution is 5.98. The summed E-state index contributed by atoms with van der Waals surface area (Å²) in [5.74, 6) is 1.18. The predicted octanol–water partition coefficient (Wildman–Crippen LogP) is 2.06. The standard InChI is InChI=1S/C15H17N3O2/c1-16-14-13(7-4-8-17-14)15(19)18-10-11-5-3-6-12(9-11)20-2/h3-9H,10H2,1-2H3,(H,16,17)(H,18,19). The van der Waals surface area contributed by atoms with Gasteiger partial charge in [-0.25, -0.2) is 4.98 Å². The second-order valence-electron chi connectivity index (χ2n) is 4.18. The molecule has 0 radical (unpaired) electrons. The number of aromatic nitrogens is 1. The van der Waals surface area contributed by atoms with Gasteiger partial charge in [0, 0.05) is 19.8 Å². The highest BCUT2D eigenvalue weighted by Gasteiger charge is 2.10. The smallest absolute Gasteiger partial charge is 0.255 e. The normalized spacial score (nSPS) is 9.90. The van der Waals surface area contributed by atoms with Crippen molar-refractivity contribution in [3.05, 3.63) is 53.7 Å². The quantitative estimate of drug-likeness (QED) is 0.873. The van der Waals surface area contributed by atoms with Crippen LogP contribution in [0.25, 0.3) is 0 Å². The molecule has 0 bridgehead atoms. The van der Waals surface area contributed by atoms with Crippen LogP contribution in [0.4, 0.5) is 5.82 Å². The van der Waals surface area contributed by atoms with Crippen LogP contribution in [0, 0.1) is 0 Å². The van der Waals surface area contributed by atoms with Crippen molar-refractivity contribution >= 4 is 11.7 Å². The number of anilines is 1. The Kier molecular flexibility index (Phi) is 4.55. The van der Waals surface area contributed by atoms with E-state index in [0.29, 0.717) is 17.9 Å². The molecular weight excluding hydrogens is 254 g/mol. The van der Waals surface area contributed by atoms with Gasteiger partial charge in [-0.2, -0.15) is 0 Å². The van der Waals surface area contributed by atoms with Gasteiger partial charge < -0.3 is 15.4 Å². The Hall–Kier alpha value is -2.56. The van der Waals surface area contributed by atoms with Crippen molar-refractivity contribution in [2.45, 2.75) is 6.54 Å². The second kappa shape index (κ2) is 6.56. The van der Waals surface area contributed by atoms with Crippen LogP contribution in [0.2, 0.25) is 0 Å². The number of rotatable bonds is 5. The summed E-state index contributed by atoms with van der Waals surface area (Å²) in [6.45, 7) is 0.439. The monoisotopic (exact) mass is 271 g/mol. The van der Waals surface area contributed by atoms with Gasteiger partial charge in [0.2, 0.25) is 0 Å². The van der Waals surface area contributed by atoms with Crippen LogP contribution in [0.15, 0.2) is 42.6 Å². The average molecular weight is 271 g/mol. The molecule has 1 heterocycles. The Morgan fingerprint density at radius 1 is 1.30 bits per heavy atom. The maximum atomic E-state index is 12.1. The first kappa shape index (κ1) is 13.9. The number of nitrogens with zero attached hydrogens (tertiary/aromatic N) is 1. The van der Waals surface area contributed by atoms with E-state index in [4.69, 9.17) is 4.74 Å². The van der Waals surface area contributed by atoms with Crippen molar-refractivity contribution in [2.24, 2.45) is 0 Å². The minimum absolute atomic E-state index is 0.162. The van der Waals surface area contributed by atoms with E-state index in [1.54, 1.807) is 32.5 Å². The average Bonchev–Trinajstić information content (AvgIpc) is 2.52. The van der Waals surface area contributed by atoms with Gasteiger partial charge in [-0.05, 0) is 29.8 Å². The molecule has 2 rings (SSSR count). The molecule has 104 valence electrons. The van der Waals surface area contributed by atoms with Gasteiger partial charge >= 0.3 is 0 Å². The molecule has 0 aliphatic heterocycles. The molecular formula is C15H17N3O2. The van der Waals surface area contributed by atoms with Crippen LogP contribution in [0.1, 0.15) is 15.9 Å². The molecule has 0 aliphatic rings. The maximum absolute atomic E-state index is 12.1. The number of hydrogen-bond donors (Lipinski definition) is 2. The topological polar surface area (TPSA) is 63.2 Å². The van der Waals surface area contributed by atoms with E-state index in [1.165, 1.54) is 0 Å². The maximum Gasteiger partial charge on any atom is 0.255 e. The third-order valence-electron chi connectivity index (χ3n) is 2.88. The number of carbonyl (C=O) groups excluding carboxylic acids is 1. The van der Waals surface area contributed by atoms with E-state index >= 15 is 0 Å². The first-order valence-electron chi connectivity index (χ1n) is 6.28. The van der Waals surface area contributed by atoms with Crippen LogP contribution in [0.3, 0.4) is 0 Å². The van der Waals surface area contributed by atoms with Gasteiger partial charge in [0.05, 0.1) is 12.7 Å². The highest BCUT2D eigenvalue weighted by atomic mass is 16.5. The van der Waals surface area contributed by atoms with Gasteiger partial charge in [0.15, 0.2) is 0 Å². The molecule has 0 fully saturated rings. The van der Waals surface area contributed by atoms with Crippen molar-refractivity contribution < 1.29 is 9.53 Å². The van der Waals surface area contributed by atoms with E-state index in [9.17, 15) is 4.79 Å². The second-order valence-corrected chi connectivity index (χ2v) is 4.18. The van der Waals surface area contributed by atoms with Crippen molar-refractivity contribution in [3.8, 4) is 5.75 Å². The summed E-state index contributed by atoms with van der Waals surface area (Å²) in [4.78, 5) is 16.2. The van der Waals surface area contributed by atoms with E-state index in [1.807, 2.05) is 24.3 Å². The molecule has 0 unspecified atom stereocenters. The first-order chi connectivity index (χ1) is 9.74. The summed E-state index contributed by atoms with van der Waals surface area (Å²) in [7, 11) is 3.35. The zero-order chi connectivity index (χ0) is 14.4. The molecule has 0 saturated carbocycles. The van der Waals surface area contributed by atoms with E-state index in [0.717, 1.165) is 11.3 Å². The fraction of sp³-hybridized carbons (Fsp3) is 0.200. The molecule has 2 aromatic rings. The van der Waals surface area contributed by atoms with Crippen LogP contribution in [-0.2, 0) is 6.54 Å². The third-order valence-corrected chi connectivity index (χ3v) is 2.88. The molecule has 1 aromatic heterocycles. The molecule has 0 aliphatic carbocycles. The zero-order valence-corrected chi connectivity index (χ0v) is 11.5. The summed E-state index contributed by atoms with van der Waals surface area (Å²) in [5, 5.41) is 5.77. The minimum atomic E-state index is -0.162. The summed E-state index contributed by atoms with van der Waals surface area (Å²) in [6.07, 6.45) is 1.64. The summed E-state index contributed by atoms with van der Waals surface area (Å²) in [6, 6.07) is 11.1. The SMILES string of the molecule is CNc1ncccc1C(=O)NCc1cccc(OC)c1. The third kappa shape index (κ3) is 3.26. The number of ether oxygens (including phenoxy) is 1. The fourth-order valence-corrected chi connectivity index (χ4v) is 1.85. The molecule has 5 nitrogen and oxygen atoms in total. The Labute approximate surface area is 118 Å². The molecule has 20 heavy (non-hydrogen) atoms. The van der Waals surface area contributed by atoms with Crippen LogP contribution < -0.4 is 15.4 Å². The van der Waals surface area contributed by atoms with Crippen molar-refractivity contribution in [3.63, 3.8) is 0 Å². The zero-order valence-electron chi connectivity index (χ0n) is 11.5. The van der Waals surface area contributed by atoms with Crippen LogP contribution >= 0.6 is 0 Å². The molecule has 1 aromatic carbocycles. The van der Waals surface area contributed by atoms with Gasteiger partial charge in [-0.1, -0.05) is 12.1 Å². The van der Waals surface area contributed by atoms with E-state index < -0.39 is 0 Å². The Morgan fingerprint density at radius 2 is 2.15 bits per heavy atom. The number of hydrogen-bond acceptors (Lipinski definition) is 4. The lowest BCUT2D eigenvalue weighted by Gasteiger charge is -2.09. The summed E-state index contributed by atoms with van der Waals surface area (Å²) < 4.78 is 5.15. The summed E-state index contributed by atoms with van der Waals surface area (Å²) in [5.41, 5.74) is 1.51. The number of amides is 1. The van der Waals surface area contributed by atoms with Crippen LogP contribution in [-0.4, -0.2) is 25.0 Å². The summed E-state index contributed by atoms with van der Waals surface area (Å²) >= 11 is 0. The number of pyridine rings is 1. The number of nitrogens with one attached hydrogen (secondary N) is 2. The molecule has 5 heteroatoms. The fourth-order valence-electron chi connectivity index (χ4n) is 1.85.